The molecule has 0 saturated carbocycles. The van der Waals surface area contributed by atoms with Gasteiger partial charge in [0, 0.05) is 20.1 Å². The van der Waals surface area contributed by atoms with Crippen LogP contribution >= 0.6 is 0 Å². The van der Waals surface area contributed by atoms with Crippen LogP contribution in [0.4, 0.5) is 0 Å². The molecule has 0 aromatic heterocycles. The number of guanidine groups is 1. The second-order valence-electron chi connectivity index (χ2n) is 4.36. The Balaban J connectivity index is 2.46. The molecule has 0 atom stereocenters. The maximum absolute atomic E-state index is 11.1. The summed E-state index contributed by atoms with van der Waals surface area (Å²) in [6, 6.07) is 6.58. The number of nitrogens with zero attached hydrogens (tertiary/aromatic N) is 1. The molecule has 112 valence electrons. The molecule has 0 bridgehead atoms. The van der Waals surface area contributed by atoms with Crippen molar-refractivity contribution in [3.63, 3.8) is 0 Å². The molecule has 0 spiro atoms. The van der Waals surface area contributed by atoms with Gasteiger partial charge in [-0.15, -0.1) is 0 Å². The SMILES string of the molecule is CCCNC(=NC)NCCc1ccc(S(N)(=O)=O)cc1. The summed E-state index contributed by atoms with van der Waals surface area (Å²) in [5, 5.41) is 11.4. The summed E-state index contributed by atoms with van der Waals surface area (Å²) in [5.74, 6) is 0.771. The second kappa shape index (κ2) is 7.86. The first kappa shape index (κ1) is 16.5. The first-order valence-corrected chi connectivity index (χ1v) is 8.08. The van der Waals surface area contributed by atoms with E-state index < -0.39 is 10.0 Å². The van der Waals surface area contributed by atoms with E-state index in [2.05, 4.69) is 22.5 Å². The molecule has 1 aromatic rings. The van der Waals surface area contributed by atoms with E-state index in [0.29, 0.717) is 0 Å². The third-order valence-corrected chi connectivity index (χ3v) is 3.65. The summed E-state index contributed by atoms with van der Waals surface area (Å²) in [5.41, 5.74) is 1.04. The van der Waals surface area contributed by atoms with Gasteiger partial charge < -0.3 is 10.6 Å². The highest BCUT2D eigenvalue weighted by atomic mass is 32.2. The number of nitrogens with one attached hydrogen (secondary N) is 2. The maximum Gasteiger partial charge on any atom is 0.238 e. The molecule has 0 unspecified atom stereocenters. The minimum absolute atomic E-state index is 0.134. The van der Waals surface area contributed by atoms with E-state index in [4.69, 9.17) is 5.14 Å². The highest BCUT2D eigenvalue weighted by Crippen LogP contribution is 2.08. The molecule has 20 heavy (non-hydrogen) atoms. The molecule has 0 aliphatic heterocycles. The monoisotopic (exact) mass is 298 g/mol. The zero-order valence-electron chi connectivity index (χ0n) is 11.9. The molecule has 1 aromatic carbocycles. The summed E-state index contributed by atoms with van der Waals surface area (Å²) in [6.07, 6.45) is 1.81. The Hall–Kier alpha value is -1.60. The first-order valence-electron chi connectivity index (χ1n) is 6.53. The predicted octanol–water partition coefficient (Wildman–Crippen LogP) is 0.452. The molecule has 6 nitrogen and oxygen atoms in total. The van der Waals surface area contributed by atoms with Crippen molar-refractivity contribution in [1.82, 2.24) is 10.6 Å². The van der Waals surface area contributed by atoms with Crippen molar-refractivity contribution in [2.75, 3.05) is 20.1 Å². The van der Waals surface area contributed by atoms with Gasteiger partial charge >= 0.3 is 0 Å². The number of hydrogen-bond donors (Lipinski definition) is 3. The van der Waals surface area contributed by atoms with Gasteiger partial charge in [-0.2, -0.15) is 0 Å². The Morgan fingerprint density at radius 3 is 2.30 bits per heavy atom. The van der Waals surface area contributed by atoms with Crippen LogP contribution in [-0.4, -0.2) is 34.5 Å². The minimum Gasteiger partial charge on any atom is -0.356 e. The first-order chi connectivity index (χ1) is 9.47. The fourth-order valence-electron chi connectivity index (χ4n) is 1.64. The van der Waals surface area contributed by atoms with Gasteiger partial charge in [0.25, 0.3) is 0 Å². The van der Waals surface area contributed by atoms with Crippen molar-refractivity contribution in [2.45, 2.75) is 24.7 Å². The number of sulfonamides is 1. The van der Waals surface area contributed by atoms with Crippen LogP contribution in [0.1, 0.15) is 18.9 Å². The molecule has 0 aliphatic rings. The summed E-state index contributed by atoms with van der Waals surface area (Å²) >= 11 is 0. The Kier molecular flexibility index (Phi) is 6.47. The number of primary sulfonamides is 1. The lowest BCUT2D eigenvalue weighted by atomic mass is 10.1. The van der Waals surface area contributed by atoms with Crippen LogP contribution in [0, 0.1) is 0 Å². The molecule has 7 heteroatoms. The van der Waals surface area contributed by atoms with E-state index in [1.807, 2.05) is 0 Å². The van der Waals surface area contributed by atoms with E-state index in [-0.39, 0.29) is 4.90 Å². The van der Waals surface area contributed by atoms with Crippen molar-refractivity contribution in [3.05, 3.63) is 29.8 Å². The smallest absolute Gasteiger partial charge is 0.238 e. The highest BCUT2D eigenvalue weighted by Gasteiger charge is 2.06. The number of nitrogens with two attached hydrogens (primary N) is 1. The Labute approximate surface area is 120 Å². The van der Waals surface area contributed by atoms with E-state index in [9.17, 15) is 8.42 Å². The van der Waals surface area contributed by atoms with Gasteiger partial charge in [-0.05, 0) is 30.5 Å². The van der Waals surface area contributed by atoms with Gasteiger partial charge in [0.2, 0.25) is 10.0 Å². The molecular weight excluding hydrogens is 276 g/mol. The number of benzene rings is 1. The average Bonchev–Trinajstić information content (AvgIpc) is 2.42. The maximum atomic E-state index is 11.1. The molecule has 0 fully saturated rings. The molecule has 0 saturated heterocycles. The van der Waals surface area contributed by atoms with Gasteiger partial charge in [-0.25, -0.2) is 13.6 Å². The van der Waals surface area contributed by atoms with Gasteiger partial charge in [-0.1, -0.05) is 19.1 Å². The third kappa shape index (κ3) is 5.58. The zero-order valence-corrected chi connectivity index (χ0v) is 12.7. The summed E-state index contributed by atoms with van der Waals surface area (Å²) in [6.45, 7) is 3.69. The molecular formula is C13H22N4O2S. The summed E-state index contributed by atoms with van der Waals surface area (Å²) in [7, 11) is -1.88. The van der Waals surface area contributed by atoms with E-state index in [1.165, 1.54) is 12.1 Å². The van der Waals surface area contributed by atoms with Gasteiger partial charge in [0.1, 0.15) is 0 Å². The summed E-state index contributed by atoms with van der Waals surface area (Å²) in [4.78, 5) is 4.24. The van der Waals surface area contributed by atoms with E-state index >= 15 is 0 Å². The minimum atomic E-state index is -3.61. The number of rotatable bonds is 6. The quantitative estimate of drug-likeness (QED) is 0.525. The average molecular weight is 298 g/mol. The molecule has 1 rings (SSSR count). The molecule has 0 radical (unpaired) electrons. The van der Waals surface area contributed by atoms with E-state index in [0.717, 1.165) is 37.5 Å². The van der Waals surface area contributed by atoms with Crippen molar-refractivity contribution in [3.8, 4) is 0 Å². The number of hydrogen-bond acceptors (Lipinski definition) is 3. The normalized spacial score (nSPS) is 12.2. The Bertz CT molecular complexity index is 538. The summed E-state index contributed by atoms with van der Waals surface area (Å²) < 4.78 is 22.3. The van der Waals surface area contributed by atoms with Crippen LogP contribution in [0.15, 0.2) is 34.2 Å². The molecule has 0 heterocycles. The molecule has 0 aliphatic carbocycles. The second-order valence-corrected chi connectivity index (χ2v) is 5.93. The van der Waals surface area contributed by atoms with Gasteiger partial charge in [0.15, 0.2) is 5.96 Å². The lowest BCUT2D eigenvalue weighted by Gasteiger charge is -2.11. The van der Waals surface area contributed by atoms with Crippen LogP contribution < -0.4 is 15.8 Å². The van der Waals surface area contributed by atoms with Crippen LogP contribution in [-0.2, 0) is 16.4 Å². The van der Waals surface area contributed by atoms with Crippen molar-refractivity contribution in [1.29, 1.82) is 0 Å². The fourth-order valence-corrected chi connectivity index (χ4v) is 2.15. The van der Waals surface area contributed by atoms with Crippen LogP contribution in [0.2, 0.25) is 0 Å². The fraction of sp³-hybridized carbons (Fsp3) is 0.462. The van der Waals surface area contributed by atoms with Crippen LogP contribution in [0.3, 0.4) is 0 Å². The Morgan fingerprint density at radius 1 is 1.20 bits per heavy atom. The van der Waals surface area contributed by atoms with Crippen molar-refractivity contribution >= 4 is 16.0 Å². The van der Waals surface area contributed by atoms with Crippen molar-refractivity contribution < 1.29 is 8.42 Å². The molecule has 4 N–H and O–H groups in total. The standard InChI is InChI=1S/C13H22N4O2S/c1-3-9-16-13(15-2)17-10-8-11-4-6-12(7-5-11)20(14,18)19/h4-7H,3,8-10H2,1-2H3,(H2,14,18,19)(H2,15,16,17). The predicted molar refractivity (Wildman–Crippen MR) is 81.2 cm³/mol. The van der Waals surface area contributed by atoms with Crippen LogP contribution in [0.25, 0.3) is 0 Å². The molecule has 0 amide bonds. The van der Waals surface area contributed by atoms with E-state index in [1.54, 1.807) is 19.2 Å². The third-order valence-electron chi connectivity index (χ3n) is 2.72. The van der Waals surface area contributed by atoms with Gasteiger partial charge in [-0.3, -0.25) is 4.99 Å². The Morgan fingerprint density at radius 2 is 1.80 bits per heavy atom. The number of aliphatic imine (C=N–C) groups is 1. The highest BCUT2D eigenvalue weighted by molar-refractivity contribution is 7.89. The largest absolute Gasteiger partial charge is 0.356 e. The van der Waals surface area contributed by atoms with Crippen molar-refractivity contribution in [2.24, 2.45) is 10.1 Å². The lowest BCUT2D eigenvalue weighted by Crippen LogP contribution is -2.38. The van der Waals surface area contributed by atoms with Gasteiger partial charge in [0.05, 0.1) is 4.90 Å². The zero-order chi connectivity index (χ0) is 15.0. The topological polar surface area (TPSA) is 96.6 Å². The van der Waals surface area contributed by atoms with Crippen LogP contribution in [0.5, 0.6) is 0 Å². The lowest BCUT2D eigenvalue weighted by molar-refractivity contribution is 0.598.